The third-order valence-corrected chi connectivity index (χ3v) is 2.75. The van der Waals surface area contributed by atoms with E-state index in [0.29, 0.717) is 22.8 Å². The van der Waals surface area contributed by atoms with E-state index in [1.807, 2.05) is 13.8 Å². The summed E-state index contributed by atoms with van der Waals surface area (Å²) in [6, 6.07) is 3.46. The van der Waals surface area contributed by atoms with Gasteiger partial charge in [-0.2, -0.15) is 0 Å². The number of carbonyl (C=O) groups excluding carboxylic acids is 1. The van der Waals surface area contributed by atoms with Crippen LogP contribution in [0, 0.1) is 6.92 Å². The molecule has 1 aromatic rings. The van der Waals surface area contributed by atoms with Crippen molar-refractivity contribution < 1.29 is 9.53 Å². The number of thiol groups is 1. The van der Waals surface area contributed by atoms with Crippen LogP contribution in [0.15, 0.2) is 17.0 Å². The Labute approximate surface area is 100.0 Å². The third-order valence-electron chi connectivity index (χ3n) is 2.00. The van der Waals surface area contributed by atoms with Crippen molar-refractivity contribution in [2.45, 2.75) is 25.2 Å². The van der Waals surface area contributed by atoms with Crippen molar-refractivity contribution in [3.05, 3.63) is 23.3 Å². The molecule has 0 saturated carbocycles. The quantitative estimate of drug-likeness (QED) is 0.649. The maximum Gasteiger partial charge on any atom is 0.256 e. The number of halogens is 1. The molecule has 0 aromatic heterocycles. The van der Waals surface area contributed by atoms with Gasteiger partial charge in [0.25, 0.3) is 5.24 Å². The van der Waals surface area contributed by atoms with Crippen LogP contribution in [0.3, 0.4) is 0 Å². The van der Waals surface area contributed by atoms with Crippen LogP contribution in [0.1, 0.15) is 29.3 Å². The van der Waals surface area contributed by atoms with Gasteiger partial charge < -0.3 is 4.74 Å². The molecule has 0 saturated heterocycles. The average molecular weight is 245 g/mol. The highest BCUT2D eigenvalue weighted by Gasteiger charge is 2.14. The van der Waals surface area contributed by atoms with Crippen molar-refractivity contribution >= 4 is 29.5 Å². The molecule has 1 rings (SSSR count). The molecule has 2 nitrogen and oxygen atoms in total. The van der Waals surface area contributed by atoms with Crippen LogP contribution in [0.2, 0.25) is 0 Å². The molecule has 82 valence electrons. The van der Waals surface area contributed by atoms with E-state index in [0.717, 1.165) is 12.0 Å². The van der Waals surface area contributed by atoms with E-state index in [-0.39, 0.29) is 0 Å². The number of rotatable bonds is 4. The van der Waals surface area contributed by atoms with E-state index in [2.05, 4.69) is 12.6 Å². The second-order valence-corrected chi connectivity index (χ2v) is 4.02. The van der Waals surface area contributed by atoms with Crippen molar-refractivity contribution in [1.29, 1.82) is 0 Å². The SMILES string of the molecule is CCCOc1c(C(=O)Cl)ccc(C)c1S. The first-order valence-electron chi connectivity index (χ1n) is 4.73. The molecule has 0 atom stereocenters. The number of benzene rings is 1. The van der Waals surface area contributed by atoms with Gasteiger partial charge in [-0.15, -0.1) is 12.6 Å². The van der Waals surface area contributed by atoms with E-state index in [1.165, 1.54) is 0 Å². The normalized spacial score (nSPS) is 10.1. The minimum absolute atomic E-state index is 0.376. The Morgan fingerprint density at radius 2 is 2.20 bits per heavy atom. The summed E-state index contributed by atoms with van der Waals surface area (Å²) in [6.45, 7) is 4.45. The smallest absolute Gasteiger partial charge is 0.256 e. The first-order valence-corrected chi connectivity index (χ1v) is 5.55. The fourth-order valence-corrected chi connectivity index (χ4v) is 1.58. The average Bonchev–Trinajstić information content (AvgIpc) is 2.19. The van der Waals surface area contributed by atoms with Crippen LogP contribution in [0.5, 0.6) is 5.75 Å². The second kappa shape index (κ2) is 5.42. The summed E-state index contributed by atoms with van der Waals surface area (Å²) in [7, 11) is 0. The van der Waals surface area contributed by atoms with Crippen molar-refractivity contribution in [1.82, 2.24) is 0 Å². The zero-order chi connectivity index (χ0) is 11.4. The van der Waals surface area contributed by atoms with Crippen molar-refractivity contribution in [3.63, 3.8) is 0 Å². The molecular formula is C11H13ClO2S. The van der Waals surface area contributed by atoms with Crippen LogP contribution in [-0.4, -0.2) is 11.8 Å². The standard InChI is InChI=1S/C11H13ClO2S/c1-3-6-14-9-8(11(12)13)5-4-7(2)10(9)15/h4-5,15H,3,6H2,1-2H3. The van der Waals surface area contributed by atoms with E-state index >= 15 is 0 Å². The first kappa shape index (κ1) is 12.4. The number of aryl methyl sites for hydroxylation is 1. The molecule has 0 amide bonds. The Morgan fingerprint density at radius 3 is 2.73 bits per heavy atom. The zero-order valence-corrected chi connectivity index (χ0v) is 10.4. The fraction of sp³-hybridized carbons (Fsp3) is 0.364. The molecule has 0 N–H and O–H groups in total. The van der Waals surface area contributed by atoms with Crippen LogP contribution in [0.25, 0.3) is 0 Å². The molecule has 0 spiro atoms. The fourth-order valence-electron chi connectivity index (χ4n) is 1.17. The maximum atomic E-state index is 11.1. The van der Waals surface area contributed by atoms with Crippen LogP contribution < -0.4 is 4.74 Å². The van der Waals surface area contributed by atoms with Gasteiger partial charge in [0.1, 0.15) is 5.75 Å². The van der Waals surface area contributed by atoms with Gasteiger partial charge in [0, 0.05) is 4.90 Å². The molecule has 0 unspecified atom stereocenters. The van der Waals surface area contributed by atoms with E-state index in [9.17, 15) is 4.79 Å². The molecular weight excluding hydrogens is 232 g/mol. The Kier molecular flexibility index (Phi) is 4.48. The molecule has 0 radical (unpaired) electrons. The van der Waals surface area contributed by atoms with Gasteiger partial charge in [-0.25, -0.2) is 0 Å². The molecule has 0 aliphatic heterocycles. The Morgan fingerprint density at radius 1 is 1.53 bits per heavy atom. The summed E-state index contributed by atoms with van der Waals surface area (Å²) in [5.41, 5.74) is 1.34. The highest BCUT2D eigenvalue weighted by Crippen LogP contribution is 2.31. The molecule has 0 fully saturated rings. The van der Waals surface area contributed by atoms with Crippen LogP contribution >= 0.6 is 24.2 Å². The van der Waals surface area contributed by atoms with E-state index in [4.69, 9.17) is 16.3 Å². The molecule has 0 aliphatic carbocycles. The summed E-state index contributed by atoms with van der Waals surface area (Å²) in [5.74, 6) is 0.486. The Hall–Kier alpha value is -0.670. The largest absolute Gasteiger partial charge is 0.492 e. The summed E-state index contributed by atoms with van der Waals surface area (Å²) in [5, 5.41) is -0.517. The number of hydrogen-bond acceptors (Lipinski definition) is 3. The molecule has 1 aromatic carbocycles. The molecule has 15 heavy (non-hydrogen) atoms. The highest BCUT2D eigenvalue weighted by atomic mass is 35.5. The number of carbonyl (C=O) groups is 1. The van der Waals surface area contributed by atoms with Crippen LogP contribution in [-0.2, 0) is 0 Å². The minimum atomic E-state index is -0.517. The number of ether oxygens (including phenoxy) is 1. The molecule has 0 bridgehead atoms. The highest BCUT2D eigenvalue weighted by molar-refractivity contribution is 7.80. The van der Waals surface area contributed by atoms with Gasteiger partial charge in [-0.1, -0.05) is 13.0 Å². The lowest BCUT2D eigenvalue weighted by Gasteiger charge is -2.12. The van der Waals surface area contributed by atoms with Gasteiger partial charge >= 0.3 is 0 Å². The predicted molar refractivity (Wildman–Crippen MR) is 64.4 cm³/mol. The van der Waals surface area contributed by atoms with Crippen LogP contribution in [0.4, 0.5) is 0 Å². The van der Waals surface area contributed by atoms with Gasteiger partial charge in [-0.05, 0) is 36.6 Å². The van der Waals surface area contributed by atoms with Crippen molar-refractivity contribution in [2.75, 3.05) is 6.61 Å². The van der Waals surface area contributed by atoms with E-state index in [1.54, 1.807) is 12.1 Å². The Balaban J connectivity index is 3.16. The lowest BCUT2D eigenvalue weighted by atomic mass is 10.1. The van der Waals surface area contributed by atoms with Gasteiger partial charge in [0.05, 0.1) is 12.2 Å². The Bertz CT molecular complexity index is 377. The lowest BCUT2D eigenvalue weighted by molar-refractivity contribution is 0.107. The second-order valence-electron chi connectivity index (χ2n) is 3.23. The number of hydrogen-bond donors (Lipinski definition) is 1. The molecule has 0 aliphatic rings. The molecule has 4 heteroatoms. The van der Waals surface area contributed by atoms with Crippen molar-refractivity contribution in [2.24, 2.45) is 0 Å². The lowest BCUT2D eigenvalue weighted by Crippen LogP contribution is -2.02. The third kappa shape index (κ3) is 2.89. The topological polar surface area (TPSA) is 26.3 Å². The van der Waals surface area contributed by atoms with Gasteiger partial charge in [0.15, 0.2) is 0 Å². The summed E-state index contributed by atoms with van der Waals surface area (Å²) < 4.78 is 5.48. The first-order chi connectivity index (χ1) is 7.07. The van der Waals surface area contributed by atoms with Gasteiger partial charge in [0.2, 0.25) is 0 Å². The maximum absolute atomic E-state index is 11.1. The summed E-state index contributed by atoms with van der Waals surface area (Å²) >= 11 is 9.77. The molecule has 0 heterocycles. The summed E-state index contributed by atoms with van der Waals surface area (Å²) in [4.78, 5) is 11.8. The minimum Gasteiger partial charge on any atom is -0.492 e. The summed E-state index contributed by atoms with van der Waals surface area (Å²) in [6.07, 6.45) is 0.872. The van der Waals surface area contributed by atoms with E-state index < -0.39 is 5.24 Å². The predicted octanol–water partition coefficient (Wildman–Crippen LogP) is 3.45. The van der Waals surface area contributed by atoms with Gasteiger partial charge in [-0.3, -0.25) is 4.79 Å². The van der Waals surface area contributed by atoms with Crippen molar-refractivity contribution in [3.8, 4) is 5.75 Å². The zero-order valence-electron chi connectivity index (χ0n) is 8.71. The monoisotopic (exact) mass is 244 g/mol.